The molecule has 0 unspecified atom stereocenters. The number of amides is 2. The molecule has 98 valence electrons. The van der Waals surface area contributed by atoms with Gasteiger partial charge in [-0.3, -0.25) is 9.59 Å². The van der Waals surface area contributed by atoms with E-state index in [1.807, 2.05) is 0 Å². The molecule has 0 bridgehead atoms. The summed E-state index contributed by atoms with van der Waals surface area (Å²) in [7, 11) is 6.64. The van der Waals surface area contributed by atoms with E-state index in [1.165, 1.54) is 9.80 Å². The highest BCUT2D eigenvalue weighted by molar-refractivity contribution is 5.91. The number of anilines is 1. The van der Waals surface area contributed by atoms with Gasteiger partial charge in [-0.15, -0.1) is 10.2 Å². The first-order valence-electron chi connectivity index (χ1n) is 5.41. The molecule has 0 atom stereocenters. The fraction of sp³-hybridized carbons (Fsp3) is 0.455. The van der Waals surface area contributed by atoms with Crippen molar-refractivity contribution >= 4 is 17.6 Å². The Hall–Kier alpha value is -2.18. The number of likely N-dealkylation sites (N-methyl/N-ethyl adjacent to an activating group) is 1. The van der Waals surface area contributed by atoms with Crippen molar-refractivity contribution in [3.63, 3.8) is 0 Å². The molecule has 7 heteroatoms. The number of hydrogen-bond acceptors (Lipinski definition) is 5. The molecule has 0 aliphatic rings. The smallest absolute Gasteiger partial charge is 0.273 e. The van der Waals surface area contributed by atoms with Crippen LogP contribution >= 0.6 is 0 Å². The lowest BCUT2D eigenvalue weighted by atomic mass is 10.3. The number of hydrogen-bond donors (Lipinski definition) is 1. The molecule has 7 nitrogen and oxygen atoms in total. The first kappa shape index (κ1) is 13.9. The van der Waals surface area contributed by atoms with Crippen LogP contribution in [0.25, 0.3) is 0 Å². The molecular formula is C11H17N5O2. The molecular weight excluding hydrogens is 234 g/mol. The summed E-state index contributed by atoms with van der Waals surface area (Å²) < 4.78 is 0. The second-order valence-corrected chi connectivity index (χ2v) is 4.15. The van der Waals surface area contributed by atoms with Gasteiger partial charge in [0.15, 0.2) is 5.69 Å². The summed E-state index contributed by atoms with van der Waals surface area (Å²) in [6.45, 7) is 0.142. The van der Waals surface area contributed by atoms with Crippen molar-refractivity contribution in [2.75, 3.05) is 40.1 Å². The van der Waals surface area contributed by atoms with Gasteiger partial charge in [-0.2, -0.15) is 0 Å². The van der Waals surface area contributed by atoms with Crippen LogP contribution in [0.5, 0.6) is 0 Å². The first-order valence-corrected chi connectivity index (χ1v) is 5.41. The van der Waals surface area contributed by atoms with Crippen LogP contribution in [-0.4, -0.2) is 66.5 Å². The molecule has 0 aliphatic carbocycles. The highest BCUT2D eigenvalue weighted by Crippen LogP contribution is 2.03. The van der Waals surface area contributed by atoms with Gasteiger partial charge < -0.3 is 15.1 Å². The van der Waals surface area contributed by atoms with Crippen LogP contribution in [-0.2, 0) is 4.79 Å². The van der Waals surface area contributed by atoms with Gasteiger partial charge in [0.05, 0.1) is 6.54 Å². The van der Waals surface area contributed by atoms with Crippen LogP contribution in [0.15, 0.2) is 12.1 Å². The SMILES string of the molecule is CN(C)C(=O)CNc1ccc(C(=O)N(C)C)nn1. The second kappa shape index (κ2) is 5.95. The standard InChI is InChI=1S/C11H17N5O2/c1-15(2)10(17)7-12-9-6-5-8(13-14-9)11(18)16(3)4/h5-6H,7H2,1-4H3,(H,12,14). The van der Waals surface area contributed by atoms with Crippen molar-refractivity contribution in [3.05, 3.63) is 17.8 Å². The van der Waals surface area contributed by atoms with Crippen molar-refractivity contribution < 1.29 is 9.59 Å². The number of carbonyl (C=O) groups is 2. The van der Waals surface area contributed by atoms with E-state index in [0.29, 0.717) is 5.82 Å². The number of carbonyl (C=O) groups excluding carboxylic acids is 2. The molecule has 2 amide bonds. The topological polar surface area (TPSA) is 78.4 Å². The van der Waals surface area contributed by atoms with Gasteiger partial charge in [-0.1, -0.05) is 0 Å². The van der Waals surface area contributed by atoms with Crippen molar-refractivity contribution in [3.8, 4) is 0 Å². The molecule has 1 heterocycles. The Balaban J connectivity index is 2.61. The predicted octanol–water partition coefficient (Wildman–Crippen LogP) is -0.322. The van der Waals surface area contributed by atoms with E-state index in [2.05, 4.69) is 15.5 Å². The van der Waals surface area contributed by atoms with Crippen LogP contribution in [0.2, 0.25) is 0 Å². The molecule has 0 aliphatic heterocycles. The maximum atomic E-state index is 11.6. The molecule has 0 radical (unpaired) electrons. The lowest BCUT2D eigenvalue weighted by Gasteiger charge is -2.11. The highest BCUT2D eigenvalue weighted by Gasteiger charge is 2.10. The van der Waals surface area contributed by atoms with Gasteiger partial charge in [0.25, 0.3) is 5.91 Å². The molecule has 0 aromatic carbocycles. The molecule has 0 spiro atoms. The molecule has 1 rings (SSSR count). The van der Waals surface area contributed by atoms with E-state index in [0.717, 1.165) is 0 Å². The summed E-state index contributed by atoms with van der Waals surface area (Å²) in [6, 6.07) is 3.18. The zero-order valence-electron chi connectivity index (χ0n) is 11.0. The summed E-state index contributed by atoms with van der Waals surface area (Å²) >= 11 is 0. The van der Waals surface area contributed by atoms with Gasteiger partial charge in [0.1, 0.15) is 5.82 Å². The van der Waals surface area contributed by atoms with Crippen molar-refractivity contribution in [1.82, 2.24) is 20.0 Å². The fourth-order valence-corrected chi connectivity index (χ4v) is 1.09. The Labute approximate surface area is 106 Å². The average molecular weight is 251 g/mol. The molecule has 1 aromatic rings. The lowest BCUT2D eigenvalue weighted by molar-refractivity contribution is -0.126. The maximum Gasteiger partial charge on any atom is 0.273 e. The number of nitrogens with one attached hydrogen (secondary N) is 1. The van der Waals surface area contributed by atoms with E-state index < -0.39 is 0 Å². The van der Waals surface area contributed by atoms with Crippen molar-refractivity contribution in [1.29, 1.82) is 0 Å². The zero-order valence-corrected chi connectivity index (χ0v) is 11.0. The van der Waals surface area contributed by atoms with Crippen LogP contribution in [0.1, 0.15) is 10.5 Å². The Morgan fingerprint density at radius 1 is 1.11 bits per heavy atom. The molecule has 1 aromatic heterocycles. The summed E-state index contributed by atoms with van der Waals surface area (Å²) in [4.78, 5) is 25.8. The minimum atomic E-state index is -0.210. The van der Waals surface area contributed by atoms with E-state index in [4.69, 9.17) is 0 Å². The minimum Gasteiger partial charge on any atom is -0.360 e. The van der Waals surface area contributed by atoms with Crippen LogP contribution in [0, 0.1) is 0 Å². The number of nitrogens with zero attached hydrogens (tertiary/aromatic N) is 4. The third-order valence-electron chi connectivity index (χ3n) is 2.21. The Kier molecular flexibility index (Phi) is 4.59. The first-order chi connectivity index (χ1) is 8.41. The number of aromatic nitrogens is 2. The van der Waals surface area contributed by atoms with E-state index in [-0.39, 0.29) is 24.1 Å². The third-order valence-corrected chi connectivity index (χ3v) is 2.21. The normalized spacial score (nSPS) is 9.78. The molecule has 1 N–H and O–H groups in total. The fourth-order valence-electron chi connectivity index (χ4n) is 1.09. The van der Waals surface area contributed by atoms with E-state index in [1.54, 1.807) is 40.3 Å². The Morgan fingerprint density at radius 2 is 1.78 bits per heavy atom. The summed E-state index contributed by atoms with van der Waals surface area (Å²) in [5.74, 6) is 0.184. The molecule has 0 saturated heterocycles. The molecule has 0 saturated carbocycles. The lowest BCUT2D eigenvalue weighted by Crippen LogP contribution is -2.29. The second-order valence-electron chi connectivity index (χ2n) is 4.15. The van der Waals surface area contributed by atoms with E-state index >= 15 is 0 Å². The number of rotatable bonds is 4. The monoisotopic (exact) mass is 251 g/mol. The quantitative estimate of drug-likeness (QED) is 0.793. The van der Waals surface area contributed by atoms with Crippen LogP contribution in [0.3, 0.4) is 0 Å². The van der Waals surface area contributed by atoms with Gasteiger partial charge in [0.2, 0.25) is 5.91 Å². The van der Waals surface area contributed by atoms with Gasteiger partial charge in [0, 0.05) is 28.2 Å². The van der Waals surface area contributed by atoms with Gasteiger partial charge >= 0.3 is 0 Å². The van der Waals surface area contributed by atoms with E-state index in [9.17, 15) is 9.59 Å². The summed E-state index contributed by atoms with van der Waals surface area (Å²) in [6.07, 6.45) is 0. The van der Waals surface area contributed by atoms with Gasteiger partial charge in [-0.25, -0.2) is 0 Å². The predicted molar refractivity (Wildman–Crippen MR) is 67.2 cm³/mol. The van der Waals surface area contributed by atoms with Crippen LogP contribution in [0.4, 0.5) is 5.82 Å². The average Bonchev–Trinajstić information content (AvgIpc) is 2.35. The van der Waals surface area contributed by atoms with Crippen molar-refractivity contribution in [2.24, 2.45) is 0 Å². The summed E-state index contributed by atoms with van der Waals surface area (Å²) in [5.41, 5.74) is 0.268. The molecule has 18 heavy (non-hydrogen) atoms. The third kappa shape index (κ3) is 3.69. The Bertz CT molecular complexity index is 428. The van der Waals surface area contributed by atoms with Gasteiger partial charge in [-0.05, 0) is 12.1 Å². The Morgan fingerprint density at radius 3 is 2.22 bits per heavy atom. The van der Waals surface area contributed by atoms with Crippen LogP contribution < -0.4 is 5.32 Å². The zero-order chi connectivity index (χ0) is 13.7. The maximum absolute atomic E-state index is 11.6. The minimum absolute atomic E-state index is 0.0646. The highest BCUT2D eigenvalue weighted by atomic mass is 16.2. The largest absolute Gasteiger partial charge is 0.360 e. The van der Waals surface area contributed by atoms with Crippen molar-refractivity contribution in [2.45, 2.75) is 0 Å². The molecule has 0 fully saturated rings. The summed E-state index contributed by atoms with van der Waals surface area (Å²) in [5, 5.41) is 10.5.